The molecule has 1 saturated heterocycles. The molecule has 1 unspecified atom stereocenters. The predicted octanol–water partition coefficient (Wildman–Crippen LogP) is -0.238. The highest BCUT2D eigenvalue weighted by Crippen LogP contribution is 2.16. The van der Waals surface area contributed by atoms with E-state index in [0.717, 1.165) is 4.31 Å². The standard InChI is InChI=1S/C11H15N3O3S/c12-9-4-3-7-14(8-10(9)15)18(16,17)11-5-1-2-6-13-11/h1-2,5-6,9H,3-4,7-8,12H2. The van der Waals surface area contributed by atoms with Gasteiger partial charge >= 0.3 is 0 Å². The molecule has 98 valence electrons. The Balaban J connectivity index is 2.28. The second-order valence-corrected chi connectivity index (χ2v) is 6.11. The minimum atomic E-state index is -3.70. The van der Waals surface area contributed by atoms with Gasteiger partial charge in [0.15, 0.2) is 10.8 Å². The molecule has 0 spiro atoms. The Morgan fingerprint density at radius 2 is 2.17 bits per heavy atom. The number of carbonyl (C=O) groups excluding carboxylic acids is 1. The van der Waals surface area contributed by atoms with Gasteiger partial charge < -0.3 is 5.73 Å². The fourth-order valence-electron chi connectivity index (χ4n) is 1.86. The summed E-state index contributed by atoms with van der Waals surface area (Å²) in [7, 11) is -3.70. The summed E-state index contributed by atoms with van der Waals surface area (Å²) < 4.78 is 25.7. The van der Waals surface area contributed by atoms with Crippen LogP contribution in [-0.2, 0) is 14.8 Å². The van der Waals surface area contributed by atoms with E-state index in [2.05, 4.69) is 4.98 Å². The van der Waals surface area contributed by atoms with Crippen LogP contribution in [-0.4, -0.2) is 42.6 Å². The summed E-state index contributed by atoms with van der Waals surface area (Å²) >= 11 is 0. The fraction of sp³-hybridized carbons (Fsp3) is 0.455. The van der Waals surface area contributed by atoms with Gasteiger partial charge in [-0.3, -0.25) is 4.79 Å². The molecular formula is C11H15N3O3S. The summed E-state index contributed by atoms with van der Waals surface area (Å²) in [6.45, 7) is 0.137. The molecule has 1 fully saturated rings. The van der Waals surface area contributed by atoms with Crippen LogP contribution in [0.25, 0.3) is 0 Å². The van der Waals surface area contributed by atoms with Gasteiger partial charge in [0.05, 0.1) is 12.6 Å². The first kappa shape index (κ1) is 13.1. The van der Waals surface area contributed by atoms with Gasteiger partial charge in [0.25, 0.3) is 10.0 Å². The number of Topliss-reactive ketones (excluding diaryl/α,β-unsaturated/α-hetero) is 1. The van der Waals surface area contributed by atoms with Gasteiger partial charge in [-0.2, -0.15) is 4.31 Å². The largest absolute Gasteiger partial charge is 0.321 e. The number of rotatable bonds is 2. The molecular weight excluding hydrogens is 254 g/mol. The zero-order valence-electron chi connectivity index (χ0n) is 9.82. The van der Waals surface area contributed by atoms with Crippen molar-refractivity contribution in [1.82, 2.24) is 9.29 Å². The average Bonchev–Trinajstić information content (AvgIpc) is 2.54. The van der Waals surface area contributed by atoms with E-state index in [9.17, 15) is 13.2 Å². The van der Waals surface area contributed by atoms with Crippen LogP contribution < -0.4 is 5.73 Å². The summed E-state index contributed by atoms with van der Waals surface area (Å²) in [6, 6.07) is 4.10. The van der Waals surface area contributed by atoms with Crippen LogP contribution in [0.5, 0.6) is 0 Å². The number of sulfonamides is 1. The Bertz CT molecular complexity index is 530. The maximum absolute atomic E-state index is 12.3. The third-order valence-corrected chi connectivity index (χ3v) is 4.67. The highest BCUT2D eigenvalue weighted by Gasteiger charge is 2.31. The highest BCUT2D eigenvalue weighted by molar-refractivity contribution is 7.89. The van der Waals surface area contributed by atoms with Crippen molar-refractivity contribution < 1.29 is 13.2 Å². The quantitative estimate of drug-likeness (QED) is 0.800. The Morgan fingerprint density at radius 1 is 1.39 bits per heavy atom. The van der Waals surface area contributed by atoms with E-state index in [-0.39, 0.29) is 17.4 Å². The van der Waals surface area contributed by atoms with Crippen molar-refractivity contribution in [2.75, 3.05) is 13.1 Å². The number of hydrogen-bond donors (Lipinski definition) is 1. The van der Waals surface area contributed by atoms with Crippen molar-refractivity contribution in [2.45, 2.75) is 23.9 Å². The van der Waals surface area contributed by atoms with E-state index in [1.54, 1.807) is 12.1 Å². The predicted molar refractivity (Wildman–Crippen MR) is 65.2 cm³/mol. The molecule has 0 amide bonds. The lowest BCUT2D eigenvalue weighted by molar-refractivity contribution is -0.120. The molecule has 7 heteroatoms. The molecule has 1 atom stereocenters. The molecule has 2 rings (SSSR count). The fourth-order valence-corrected chi connectivity index (χ4v) is 3.23. The lowest BCUT2D eigenvalue weighted by Crippen LogP contribution is -2.39. The van der Waals surface area contributed by atoms with Crippen LogP contribution in [0.1, 0.15) is 12.8 Å². The van der Waals surface area contributed by atoms with Gasteiger partial charge in [0.1, 0.15) is 0 Å². The van der Waals surface area contributed by atoms with E-state index in [1.807, 2.05) is 0 Å². The number of nitrogens with zero attached hydrogens (tertiary/aromatic N) is 2. The number of hydrogen-bond acceptors (Lipinski definition) is 5. The normalized spacial score (nSPS) is 22.7. The third-order valence-electron chi connectivity index (χ3n) is 2.91. The Morgan fingerprint density at radius 3 is 2.83 bits per heavy atom. The van der Waals surface area contributed by atoms with E-state index < -0.39 is 16.1 Å². The molecule has 6 nitrogen and oxygen atoms in total. The van der Waals surface area contributed by atoms with Gasteiger partial charge in [-0.25, -0.2) is 13.4 Å². The van der Waals surface area contributed by atoms with Crippen LogP contribution in [0.15, 0.2) is 29.4 Å². The maximum atomic E-state index is 12.3. The van der Waals surface area contributed by atoms with Crippen molar-refractivity contribution >= 4 is 15.8 Å². The number of aromatic nitrogens is 1. The van der Waals surface area contributed by atoms with Crippen molar-refractivity contribution in [3.05, 3.63) is 24.4 Å². The molecule has 18 heavy (non-hydrogen) atoms. The molecule has 1 aliphatic rings. The number of pyridine rings is 1. The number of carbonyl (C=O) groups is 1. The zero-order valence-corrected chi connectivity index (χ0v) is 10.6. The minimum absolute atomic E-state index is 0.0340. The first-order chi connectivity index (χ1) is 8.51. The maximum Gasteiger partial charge on any atom is 0.260 e. The summed E-state index contributed by atoms with van der Waals surface area (Å²) in [4.78, 5) is 15.5. The molecule has 0 saturated carbocycles. The van der Waals surface area contributed by atoms with Crippen LogP contribution in [0.2, 0.25) is 0 Å². The Hall–Kier alpha value is -1.31. The SMILES string of the molecule is NC1CCCN(S(=O)(=O)c2ccccn2)CC1=O. The Kier molecular flexibility index (Phi) is 3.74. The van der Waals surface area contributed by atoms with E-state index >= 15 is 0 Å². The Labute approximate surface area is 106 Å². The van der Waals surface area contributed by atoms with Gasteiger partial charge in [0, 0.05) is 12.7 Å². The third kappa shape index (κ3) is 2.58. The average molecular weight is 269 g/mol. The summed E-state index contributed by atoms with van der Waals surface area (Å²) in [5, 5.41) is -0.0340. The zero-order chi connectivity index (χ0) is 13.2. The monoisotopic (exact) mass is 269 g/mol. The van der Waals surface area contributed by atoms with Gasteiger partial charge in [-0.05, 0) is 25.0 Å². The molecule has 2 heterocycles. The second-order valence-electron chi connectivity index (χ2n) is 4.22. The lowest BCUT2D eigenvalue weighted by Gasteiger charge is -2.18. The van der Waals surface area contributed by atoms with Crippen LogP contribution in [0.3, 0.4) is 0 Å². The van der Waals surface area contributed by atoms with Gasteiger partial charge in [-0.15, -0.1) is 0 Å². The molecule has 1 aliphatic heterocycles. The van der Waals surface area contributed by atoms with Crippen LogP contribution in [0.4, 0.5) is 0 Å². The van der Waals surface area contributed by atoms with Crippen LogP contribution >= 0.6 is 0 Å². The number of ketones is 1. The van der Waals surface area contributed by atoms with Crippen molar-refractivity contribution in [3.8, 4) is 0 Å². The van der Waals surface area contributed by atoms with E-state index in [1.165, 1.54) is 12.3 Å². The molecule has 2 N–H and O–H groups in total. The van der Waals surface area contributed by atoms with Crippen molar-refractivity contribution in [3.63, 3.8) is 0 Å². The molecule has 0 aromatic carbocycles. The summed E-state index contributed by atoms with van der Waals surface area (Å²) in [5.74, 6) is -0.244. The number of nitrogens with two attached hydrogens (primary N) is 1. The first-order valence-electron chi connectivity index (χ1n) is 5.71. The molecule has 0 radical (unpaired) electrons. The van der Waals surface area contributed by atoms with Crippen LogP contribution in [0, 0.1) is 0 Å². The topological polar surface area (TPSA) is 93.4 Å². The van der Waals surface area contributed by atoms with Crippen molar-refractivity contribution in [1.29, 1.82) is 0 Å². The second kappa shape index (κ2) is 5.13. The van der Waals surface area contributed by atoms with E-state index in [0.29, 0.717) is 19.4 Å². The molecule has 0 bridgehead atoms. The molecule has 0 aliphatic carbocycles. The lowest BCUT2D eigenvalue weighted by atomic mass is 10.1. The summed E-state index contributed by atoms with van der Waals surface area (Å²) in [5.41, 5.74) is 5.64. The molecule has 1 aromatic rings. The highest BCUT2D eigenvalue weighted by atomic mass is 32.2. The minimum Gasteiger partial charge on any atom is -0.321 e. The smallest absolute Gasteiger partial charge is 0.260 e. The van der Waals surface area contributed by atoms with Gasteiger partial charge in [-0.1, -0.05) is 6.07 Å². The first-order valence-corrected chi connectivity index (χ1v) is 7.15. The van der Waals surface area contributed by atoms with Crippen molar-refractivity contribution in [2.24, 2.45) is 5.73 Å². The van der Waals surface area contributed by atoms with E-state index in [4.69, 9.17) is 5.73 Å². The van der Waals surface area contributed by atoms with Gasteiger partial charge in [0.2, 0.25) is 0 Å². The molecule has 1 aromatic heterocycles. The summed E-state index contributed by atoms with van der Waals surface area (Å²) in [6.07, 6.45) is 2.52.